The largest absolute Gasteiger partial charge is 0.507 e. The zero-order chi connectivity index (χ0) is 34.7. The number of hydrogen-bond donors (Lipinski definition) is 9. The van der Waals surface area contributed by atoms with Crippen molar-refractivity contribution < 1.29 is 49.2 Å². The Morgan fingerprint density at radius 1 is 0.848 bits per heavy atom. The van der Waals surface area contributed by atoms with E-state index in [1.165, 1.54) is 24.3 Å². The van der Waals surface area contributed by atoms with Crippen molar-refractivity contribution in [1.82, 2.24) is 15.5 Å². The Morgan fingerprint density at radius 2 is 1.33 bits per heavy atom. The predicted octanol–water partition coefficient (Wildman–Crippen LogP) is -0.0492. The van der Waals surface area contributed by atoms with Gasteiger partial charge < -0.3 is 42.5 Å². The van der Waals surface area contributed by atoms with Crippen LogP contribution in [-0.4, -0.2) is 97.4 Å². The fraction of sp³-hybridized carbons (Fsp3) is 0.357. The zero-order valence-corrected chi connectivity index (χ0v) is 29.3. The first kappa shape index (κ1) is 39.0. The number of aliphatic carboxylic acids is 2. The maximum Gasteiger partial charge on any atom is 0.326 e. The number of amides is 4. The summed E-state index contributed by atoms with van der Waals surface area (Å²) in [6.45, 7) is -0.702. The fourth-order valence-corrected chi connectivity index (χ4v) is 5.60. The summed E-state index contributed by atoms with van der Waals surface area (Å²) in [5.41, 5.74) is 13.4. The molecule has 0 saturated carbocycles. The number of rotatable bonds is 16. The van der Waals surface area contributed by atoms with E-state index in [2.05, 4.69) is 23.3 Å². The van der Waals surface area contributed by atoms with Crippen LogP contribution in [0.4, 0.5) is 0 Å². The van der Waals surface area contributed by atoms with E-state index in [1.54, 1.807) is 12.1 Å². The second-order valence-corrected chi connectivity index (χ2v) is 12.7. The SMILES string of the molecule is N[C@@H](Cc1ccc(O)c(I)c1)C(=O)N(C(=O)[C@@H](N)Cc1ccc(O)c(I)c1)[C@@H](CCC(=O)N[C@@H](CS)C(=O)NCC(=O)O)C(=O)O. The molecule has 18 heteroatoms. The third kappa shape index (κ3) is 11.5. The monoisotopic (exact) mass is 885 g/mol. The minimum absolute atomic E-state index is 0.000317. The van der Waals surface area contributed by atoms with Crippen LogP contribution in [-0.2, 0) is 41.6 Å². The molecular formula is C28H33I2N5O10S. The van der Waals surface area contributed by atoms with Crippen LogP contribution in [0.25, 0.3) is 0 Å². The fourth-order valence-electron chi connectivity index (χ4n) is 4.19. The van der Waals surface area contributed by atoms with Crippen molar-refractivity contribution in [3.05, 3.63) is 54.7 Å². The molecule has 4 amide bonds. The lowest BCUT2D eigenvalue weighted by atomic mass is 10.00. The molecule has 0 aromatic heterocycles. The first-order valence-corrected chi connectivity index (χ1v) is 16.3. The van der Waals surface area contributed by atoms with Crippen molar-refractivity contribution in [3.8, 4) is 11.5 Å². The van der Waals surface area contributed by atoms with E-state index in [9.17, 15) is 44.1 Å². The van der Waals surface area contributed by atoms with Crippen molar-refractivity contribution in [2.45, 2.75) is 49.9 Å². The van der Waals surface area contributed by atoms with Crippen molar-refractivity contribution >= 4 is 93.4 Å². The van der Waals surface area contributed by atoms with Gasteiger partial charge in [0.2, 0.25) is 23.6 Å². The van der Waals surface area contributed by atoms with Gasteiger partial charge in [-0.1, -0.05) is 12.1 Å². The van der Waals surface area contributed by atoms with E-state index < -0.39 is 79.1 Å². The van der Waals surface area contributed by atoms with E-state index in [0.29, 0.717) is 23.2 Å². The lowest BCUT2D eigenvalue weighted by molar-refractivity contribution is -0.159. The van der Waals surface area contributed by atoms with Crippen LogP contribution in [0, 0.1) is 7.14 Å². The number of aromatic hydroxyl groups is 2. The Balaban J connectivity index is 2.34. The number of halogens is 2. The van der Waals surface area contributed by atoms with Gasteiger partial charge in [-0.15, -0.1) is 0 Å². The molecule has 0 aliphatic rings. The Labute approximate surface area is 296 Å². The van der Waals surface area contributed by atoms with Crippen molar-refractivity contribution in [1.29, 1.82) is 0 Å². The van der Waals surface area contributed by atoms with E-state index in [1.807, 2.05) is 45.2 Å². The standard InChI is InChI=1S/C28H33I2N5O10S/c29-15-7-13(1-4-21(15)36)9-17(31)26(42)35(27(43)18(32)10-14-2-5-22(37)16(30)8-14)20(28(44)45)3-6-23(38)34-19(12-46)25(41)33-11-24(39)40/h1-2,4-5,7-8,17-20,36-37,46H,3,6,9-12,31-32H2,(H,33,41)(H,34,38)(H,39,40)(H,44,45)/t17-,18-,19-,20-/m0/s1. The summed E-state index contributed by atoms with van der Waals surface area (Å²) < 4.78 is 0.942. The number of benzene rings is 2. The van der Waals surface area contributed by atoms with E-state index >= 15 is 0 Å². The summed E-state index contributed by atoms with van der Waals surface area (Å²) in [5, 5.41) is 42.9. The first-order valence-electron chi connectivity index (χ1n) is 13.5. The Hall–Kier alpha value is -3.21. The van der Waals surface area contributed by atoms with Gasteiger partial charge in [0.05, 0.1) is 19.2 Å². The molecule has 0 spiro atoms. The number of carbonyl (C=O) groups excluding carboxylic acids is 4. The lowest BCUT2D eigenvalue weighted by Gasteiger charge is -2.31. The van der Waals surface area contributed by atoms with Gasteiger partial charge in [-0.3, -0.25) is 28.9 Å². The molecular weight excluding hydrogens is 852 g/mol. The van der Waals surface area contributed by atoms with Crippen molar-refractivity contribution in [2.24, 2.45) is 11.5 Å². The number of nitrogens with one attached hydrogen (secondary N) is 2. The summed E-state index contributed by atoms with van der Waals surface area (Å²) in [6.07, 6.45) is -1.41. The van der Waals surface area contributed by atoms with Gasteiger partial charge in [0.15, 0.2) is 0 Å². The van der Waals surface area contributed by atoms with Gasteiger partial charge >= 0.3 is 11.9 Å². The quantitative estimate of drug-likeness (QED) is 0.0795. The van der Waals surface area contributed by atoms with Gasteiger partial charge in [-0.2, -0.15) is 12.6 Å². The highest BCUT2D eigenvalue weighted by atomic mass is 127. The zero-order valence-electron chi connectivity index (χ0n) is 24.1. The van der Waals surface area contributed by atoms with Crippen LogP contribution in [0.1, 0.15) is 24.0 Å². The highest BCUT2D eigenvalue weighted by Gasteiger charge is 2.39. The van der Waals surface area contributed by atoms with Crippen LogP contribution >= 0.6 is 57.8 Å². The second kappa shape index (κ2) is 18.2. The number of nitrogens with zero attached hydrogens (tertiary/aromatic N) is 1. The van der Waals surface area contributed by atoms with Gasteiger partial charge in [0.25, 0.3) is 0 Å². The summed E-state index contributed by atoms with van der Waals surface area (Å²) in [5.74, 6) is -6.96. The smallest absolute Gasteiger partial charge is 0.326 e. The average molecular weight is 885 g/mol. The molecule has 46 heavy (non-hydrogen) atoms. The predicted molar refractivity (Wildman–Crippen MR) is 184 cm³/mol. The minimum atomic E-state index is -1.89. The molecule has 2 rings (SSSR count). The number of thiol groups is 1. The van der Waals surface area contributed by atoms with Crippen LogP contribution in [0.5, 0.6) is 11.5 Å². The van der Waals surface area contributed by atoms with Gasteiger partial charge in [0.1, 0.15) is 30.1 Å². The molecule has 0 radical (unpaired) electrons. The minimum Gasteiger partial charge on any atom is -0.507 e. The number of carbonyl (C=O) groups is 6. The summed E-state index contributed by atoms with van der Waals surface area (Å²) >= 11 is 7.73. The maximum absolute atomic E-state index is 13.7. The molecule has 4 atom stereocenters. The van der Waals surface area contributed by atoms with E-state index in [0.717, 1.165) is 0 Å². The molecule has 2 aromatic rings. The normalized spacial score (nSPS) is 13.5. The Bertz CT molecular complexity index is 1410. The van der Waals surface area contributed by atoms with Gasteiger partial charge in [-0.25, -0.2) is 4.79 Å². The third-order valence-corrected chi connectivity index (χ3v) is 8.63. The molecule has 10 N–H and O–H groups in total. The Kier molecular flexibility index (Phi) is 15.4. The molecule has 15 nitrogen and oxygen atoms in total. The number of carboxylic acid groups (broad SMARTS) is 2. The third-order valence-electron chi connectivity index (χ3n) is 6.53. The maximum atomic E-state index is 13.7. The number of imide groups is 1. The second-order valence-electron chi connectivity index (χ2n) is 10.0. The number of phenols is 2. The van der Waals surface area contributed by atoms with Crippen molar-refractivity contribution in [3.63, 3.8) is 0 Å². The molecule has 0 fully saturated rings. The molecule has 0 saturated heterocycles. The van der Waals surface area contributed by atoms with E-state index in [-0.39, 0.29) is 30.1 Å². The molecule has 0 aliphatic heterocycles. The lowest BCUT2D eigenvalue weighted by Crippen LogP contribution is -2.59. The van der Waals surface area contributed by atoms with Crippen molar-refractivity contribution in [2.75, 3.05) is 12.3 Å². The summed E-state index contributed by atoms with van der Waals surface area (Å²) in [6, 6.07) is 2.96. The number of hydrogen-bond acceptors (Lipinski definition) is 11. The summed E-state index contributed by atoms with van der Waals surface area (Å²) in [7, 11) is 0. The molecule has 0 unspecified atom stereocenters. The van der Waals surface area contributed by atoms with Crippen LogP contribution in [0.3, 0.4) is 0 Å². The number of carboxylic acids is 2. The Morgan fingerprint density at radius 3 is 1.72 bits per heavy atom. The molecule has 250 valence electrons. The van der Waals surface area contributed by atoms with Crippen LogP contribution in [0.2, 0.25) is 0 Å². The number of phenolic OH excluding ortho intramolecular Hbond substituents is 2. The highest BCUT2D eigenvalue weighted by Crippen LogP contribution is 2.23. The molecule has 0 aliphatic carbocycles. The number of nitrogens with two attached hydrogens (primary N) is 2. The average Bonchev–Trinajstić information content (AvgIpc) is 2.99. The van der Waals surface area contributed by atoms with Crippen LogP contribution in [0.15, 0.2) is 36.4 Å². The van der Waals surface area contributed by atoms with Crippen LogP contribution < -0.4 is 22.1 Å². The molecule has 0 bridgehead atoms. The topological polar surface area (TPSA) is 263 Å². The van der Waals surface area contributed by atoms with E-state index in [4.69, 9.17) is 16.6 Å². The summed E-state index contributed by atoms with van der Waals surface area (Å²) in [4.78, 5) is 75.9. The molecule has 2 aromatic carbocycles. The first-order chi connectivity index (χ1) is 21.5. The van der Waals surface area contributed by atoms with Gasteiger partial charge in [0, 0.05) is 12.2 Å². The highest BCUT2D eigenvalue weighted by molar-refractivity contribution is 14.1. The van der Waals surface area contributed by atoms with Gasteiger partial charge in [-0.05, 0) is 99.8 Å². The molecule has 0 heterocycles.